The van der Waals surface area contributed by atoms with Gasteiger partial charge in [-0.05, 0) is 189 Å². The fourth-order valence-corrected chi connectivity index (χ4v) is 5.22. The van der Waals surface area contributed by atoms with E-state index in [1.54, 1.807) is 0 Å². The molecule has 0 aromatic heterocycles. The van der Waals surface area contributed by atoms with Gasteiger partial charge in [-0.2, -0.15) is 0 Å². The van der Waals surface area contributed by atoms with Crippen molar-refractivity contribution in [3.63, 3.8) is 0 Å². The Kier molecular flexibility index (Phi) is 86.3. The minimum absolute atomic E-state index is 0. The van der Waals surface area contributed by atoms with Gasteiger partial charge in [0, 0.05) is 0 Å². The SMILES string of the molecule is CC(C)(C)C.CC(C)(C)C.CC(C)(C)C.CC(C)(C)C.CC(C)(C)C.CC(C)(C)C.CC(C)(C)CCCN.CC(C)(C)CCC[NH3+].CC(C)CCCC(C)(C)C.CC(C)CCCC(C)(C)C.CN(C)CCCC(C)(C)C.CN(C)CCCC(C)(C)C.[Cl-].[Cl-]. The quantitative estimate of drug-likeness (QED) is 0.162. The topological polar surface area (TPSA) is 60.1 Å². The van der Waals surface area contributed by atoms with E-state index in [0.29, 0.717) is 65.0 Å². The molecule has 6 heteroatoms. The van der Waals surface area contributed by atoms with Crippen LogP contribution < -0.4 is 36.3 Å². The summed E-state index contributed by atoms with van der Waals surface area (Å²) >= 11 is 0. The van der Waals surface area contributed by atoms with Crippen LogP contribution in [0.3, 0.4) is 0 Å². The second kappa shape index (κ2) is 62.2. The molecule has 4 nitrogen and oxygen atoms in total. The summed E-state index contributed by atoms with van der Waals surface area (Å²) in [6.45, 7) is 107. The lowest BCUT2D eigenvalue weighted by Gasteiger charge is -2.19. The standard InChI is InChI=1S/2C10H22.2C9H21N.2C7H17N.6C5H12.2ClH/c2*1-9(2)7-6-8-10(3,4)5;2*1-9(2,3)7-6-8-10(4)5;2*1-7(2,3)5-4-6-8;6*1-5(2,3)4;;/h2*9H,6-8H2,1-5H3;2*6-8H2,1-5H3;2*4-6,8H2,1-3H3;6*1-4H3;2*1H/p-1. The molecule has 0 bridgehead atoms. The predicted octanol–water partition coefficient (Wildman–Crippen LogP) is 21.6. The van der Waals surface area contributed by atoms with Gasteiger partial charge < -0.3 is 46.1 Å². The molecule has 0 atom stereocenters. The molecule has 0 radical (unpaired) electrons. The molecule has 0 aliphatic heterocycles. The van der Waals surface area contributed by atoms with Crippen molar-refractivity contribution in [2.24, 2.45) is 82.5 Å². The summed E-state index contributed by atoms with van der Waals surface area (Å²) < 4.78 is 0. The fraction of sp³-hybridized carbons (Fsp3) is 1.00. The first kappa shape index (κ1) is 122. The third-order valence-electron chi connectivity index (χ3n) is 8.79. The van der Waals surface area contributed by atoms with Crippen LogP contribution in [0.2, 0.25) is 0 Å². The van der Waals surface area contributed by atoms with Gasteiger partial charge in [0.1, 0.15) is 0 Å². The Morgan fingerprint density at radius 3 is 0.489 bits per heavy atom. The van der Waals surface area contributed by atoms with Crippen molar-refractivity contribution in [2.75, 3.05) is 54.4 Å². The van der Waals surface area contributed by atoms with Crippen LogP contribution in [0, 0.1) is 76.8 Å². The summed E-state index contributed by atoms with van der Waals surface area (Å²) in [6.07, 6.45) is 18.5. The van der Waals surface area contributed by atoms with E-state index in [4.69, 9.17) is 5.73 Å². The van der Waals surface area contributed by atoms with Gasteiger partial charge in [0.25, 0.3) is 0 Å². The largest absolute Gasteiger partial charge is 1.00 e. The van der Waals surface area contributed by atoms with E-state index in [1.165, 1.54) is 96.6 Å². The van der Waals surface area contributed by atoms with Crippen molar-refractivity contribution in [1.29, 1.82) is 0 Å². The first-order valence-corrected chi connectivity index (χ1v) is 35.6. The normalized spacial score (nSPS) is 12.0. The van der Waals surface area contributed by atoms with Crippen LogP contribution in [0.4, 0.5) is 0 Å². The van der Waals surface area contributed by atoms with Crippen LogP contribution in [-0.4, -0.2) is 64.2 Å². The van der Waals surface area contributed by atoms with E-state index in [0.717, 1.165) is 31.3 Å². The van der Waals surface area contributed by atoms with Crippen LogP contribution in [0.25, 0.3) is 0 Å². The van der Waals surface area contributed by atoms with Crippen molar-refractivity contribution in [3.8, 4) is 0 Å². The minimum Gasteiger partial charge on any atom is -1.00 e. The van der Waals surface area contributed by atoms with Gasteiger partial charge in [0.2, 0.25) is 0 Å². The van der Waals surface area contributed by atoms with Gasteiger partial charge in [-0.3, -0.25) is 0 Å². The van der Waals surface area contributed by atoms with E-state index in [2.05, 4.69) is 362 Å². The minimum atomic E-state index is 0. The molecule has 0 aliphatic carbocycles. The Labute approximate surface area is 582 Å². The maximum Gasteiger partial charge on any atom is 0.0740 e. The molecule has 0 saturated carbocycles. The summed E-state index contributed by atoms with van der Waals surface area (Å²) in [7, 11) is 8.51. The Hall–Kier alpha value is 0.420. The molecule has 0 unspecified atom stereocenters. The molecule has 0 aromatic carbocycles. The van der Waals surface area contributed by atoms with Gasteiger partial charge in [0.15, 0.2) is 0 Å². The Balaban J connectivity index is -0.0000000571. The monoisotopic (exact) mass is 1300 g/mol. The average molecular weight is 1310 g/mol. The summed E-state index contributed by atoms with van der Waals surface area (Å²) in [6, 6.07) is 0. The van der Waals surface area contributed by atoms with E-state index in [1.807, 2.05) is 0 Å². The van der Waals surface area contributed by atoms with Crippen molar-refractivity contribution in [3.05, 3.63) is 0 Å². The summed E-state index contributed by atoms with van der Waals surface area (Å²) in [5.41, 5.74) is 15.2. The van der Waals surface area contributed by atoms with Crippen LogP contribution in [0.1, 0.15) is 408 Å². The van der Waals surface area contributed by atoms with Crippen molar-refractivity contribution >= 4 is 0 Å². The van der Waals surface area contributed by atoms with Crippen LogP contribution in [0.5, 0.6) is 0 Å². The lowest BCUT2D eigenvalue weighted by molar-refractivity contribution is -0.369. The first-order valence-electron chi connectivity index (χ1n) is 35.6. The first-order chi connectivity index (χ1) is 36.8. The molecule has 0 heterocycles. The average Bonchev–Trinajstić information content (AvgIpc) is 3.10. The van der Waals surface area contributed by atoms with Crippen molar-refractivity contribution in [2.45, 2.75) is 408 Å². The number of rotatable bonds is 16. The number of hydrogen-bond donors (Lipinski definition) is 2. The van der Waals surface area contributed by atoms with Gasteiger partial charge in [-0.25, -0.2) is 0 Å². The molecular weight excluding hydrogens is 1110 g/mol. The second-order valence-electron chi connectivity index (χ2n) is 43.6. The zero-order valence-electron chi connectivity index (χ0n) is 72.8. The zero-order chi connectivity index (χ0) is 73.0. The van der Waals surface area contributed by atoms with Crippen molar-refractivity contribution in [1.82, 2.24) is 9.80 Å². The maximum atomic E-state index is 5.34. The van der Waals surface area contributed by atoms with Crippen LogP contribution in [0.15, 0.2) is 0 Å². The number of nitrogens with zero attached hydrogens (tertiary/aromatic N) is 2. The lowest BCUT2D eigenvalue weighted by atomic mass is 9.88. The number of quaternary nitrogens is 1. The fourth-order valence-electron chi connectivity index (χ4n) is 5.22. The predicted molar refractivity (Wildman–Crippen MR) is 416 cm³/mol. The highest BCUT2D eigenvalue weighted by Crippen LogP contribution is 2.25. The molecule has 0 spiro atoms. The van der Waals surface area contributed by atoms with Crippen LogP contribution in [-0.2, 0) is 0 Å². The molecule has 556 valence electrons. The molecule has 0 fully saturated rings. The van der Waals surface area contributed by atoms with Crippen LogP contribution >= 0.6 is 0 Å². The van der Waals surface area contributed by atoms with Crippen molar-refractivity contribution < 1.29 is 30.5 Å². The zero-order valence-corrected chi connectivity index (χ0v) is 74.3. The summed E-state index contributed by atoms with van der Waals surface area (Å²) in [5.74, 6) is 1.75. The molecule has 0 amide bonds. The molecule has 88 heavy (non-hydrogen) atoms. The number of hydrogen-bond acceptors (Lipinski definition) is 3. The lowest BCUT2D eigenvalue weighted by Crippen LogP contribution is -3.00. The number of nitrogens with two attached hydrogens (primary N) is 1. The Morgan fingerprint density at radius 2 is 0.398 bits per heavy atom. The van der Waals surface area contributed by atoms with Gasteiger partial charge in [-0.15, -0.1) is 0 Å². The molecule has 0 rings (SSSR count). The molecule has 0 saturated heterocycles. The highest BCUT2D eigenvalue weighted by atomic mass is 35.5. The van der Waals surface area contributed by atoms with E-state index in [-0.39, 0.29) is 24.8 Å². The number of halogens is 2. The van der Waals surface area contributed by atoms with Gasteiger partial charge in [-0.1, -0.05) is 344 Å². The molecule has 0 aromatic rings. The summed E-state index contributed by atoms with van der Waals surface area (Å²) in [5, 5.41) is 0. The van der Waals surface area contributed by atoms with Gasteiger partial charge >= 0.3 is 0 Å². The molecular formula is C82H193Cl2N4-. The van der Waals surface area contributed by atoms with E-state index in [9.17, 15) is 0 Å². The Bertz CT molecular complexity index is 1030. The third-order valence-corrected chi connectivity index (χ3v) is 8.79. The second-order valence-corrected chi connectivity index (χ2v) is 43.6. The van der Waals surface area contributed by atoms with E-state index >= 15 is 0 Å². The molecule has 5 N–H and O–H groups in total. The third kappa shape index (κ3) is 427. The molecule has 0 aliphatic rings. The van der Waals surface area contributed by atoms with E-state index < -0.39 is 0 Å². The Morgan fingerprint density at radius 1 is 0.261 bits per heavy atom. The smallest absolute Gasteiger partial charge is 0.0740 e. The highest BCUT2D eigenvalue weighted by Gasteiger charge is 2.13. The summed E-state index contributed by atoms with van der Waals surface area (Å²) in [4.78, 5) is 4.48. The maximum absolute atomic E-state index is 5.34. The highest BCUT2D eigenvalue weighted by molar-refractivity contribution is 4.65. The van der Waals surface area contributed by atoms with Gasteiger partial charge in [0.05, 0.1) is 6.54 Å².